The third kappa shape index (κ3) is 2.59. The third-order valence-corrected chi connectivity index (χ3v) is 5.61. The lowest BCUT2D eigenvalue weighted by Crippen LogP contribution is -2.99. The van der Waals surface area contributed by atoms with Gasteiger partial charge in [-0.05, 0) is 32.1 Å². The lowest BCUT2D eigenvalue weighted by Gasteiger charge is -2.48. The number of nitrogens with two attached hydrogens (primary N) is 2. The van der Waals surface area contributed by atoms with E-state index in [1.807, 2.05) is 0 Å². The maximum Gasteiger partial charge on any atom is 0.0904 e. The molecule has 5 atom stereocenters. The number of rotatable bonds is 1. The van der Waals surface area contributed by atoms with E-state index in [1.54, 1.807) is 0 Å². The Bertz CT molecular complexity index is 275. The standard InChI is InChI=1S/C15H29N3/c1-11-3-4-14-13(9-11)15(10-12(2)17-14)18-7-5-16-6-8-18/h11-17H,3-10H2,1-2H3/p+2. The highest BCUT2D eigenvalue weighted by molar-refractivity contribution is 4.92. The van der Waals surface area contributed by atoms with E-state index in [0.717, 1.165) is 30.0 Å². The largest absolute Gasteiger partial charge is 0.344 e. The molecule has 3 rings (SSSR count). The first-order valence-corrected chi connectivity index (χ1v) is 8.14. The molecule has 1 aliphatic carbocycles. The molecule has 1 saturated carbocycles. The van der Waals surface area contributed by atoms with Crippen molar-refractivity contribution in [1.82, 2.24) is 4.90 Å². The van der Waals surface area contributed by atoms with E-state index in [4.69, 9.17) is 0 Å². The summed E-state index contributed by atoms with van der Waals surface area (Å²) in [6, 6.07) is 2.67. The first kappa shape index (κ1) is 12.9. The van der Waals surface area contributed by atoms with Gasteiger partial charge in [-0.1, -0.05) is 6.92 Å². The van der Waals surface area contributed by atoms with Crippen LogP contribution in [0.2, 0.25) is 0 Å². The van der Waals surface area contributed by atoms with Crippen molar-refractivity contribution >= 4 is 0 Å². The quantitative estimate of drug-likeness (QED) is 0.643. The molecule has 2 heterocycles. The lowest BCUT2D eigenvalue weighted by atomic mass is 9.70. The molecule has 18 heavy (non-hydrogen) atoms. The fourth-order valence-electron chi connectivity index (χ4n) is 4.71. The smallest absolute Gasteiger partial charge is 0.0904 e. The molecule has 3 fully saturated rings. The molecular weight excluding hydrogens is 222 g/mol. The molecular formula is C15H31N3+2. The summed E-state index contributed by atoms with van der Waals surface area (Å²) in [5, 5.41) is 5.18. The van der Waals surface area contributed by atoms with Gasteiger partial charge in [0.25, 0.3) is 0 Å². The van der Waals surface area contributed by atoms with Gasteiger partial charge in [0.1, 0.15) is 0 Å². The lowest BCUT2D eigenvalue weighted by molar-refractivity contribution is -0.739. The molecule has 5 unspecified atom stereocenters. The van der Waals surface area contributed by atoms with E-state index in [-0.39, 0.29) is 0 Å². The summed E-state index contributed by atoms with van der Waals surface area (Å²) in [5.74, 6) is 1.94. The van der Waals surface area contributed by atoms with Crippen molar-refractivity contribution in [3.05, 3.63) is 0 Å². The van der Waals surface area contributed by atoms with E-state index in [2.05, 4.69) is 29.4 Å². The van der Waals surface area contributed by atoms with Gasteiger partial charge in [0, 0.05) is 31.5 Å². The Hall–Kier alpha value is -0.120. The van der Waals surface area contributed by atoms with Crippen molar-refractivity contribution in [1.29, 1.82) is 0 Å². The Labute approximate surface area is 112 Å². The van der Waals surface area contributed by atoms with Gasteiger partial charge < -0.3 is 10.6 Å². The van der Waals surface area contributed by atoms with Crippen molar-refractivity contribution in [3.8, 4) is 0 Å². The number of piperidine rings is 1. The summed E-state index contributed by atoms with van der Waals surface area (Å²) in [5.41, 5.74) is 0. The van der Waals surface area contributed by atoms with Gasteiger partial charge in [0.05, 0.1) is 25.2 Å². The zero-order valence-electron chi connectivity index (χ0n) is 12.1. The van der Waals surface area contributed by atoms with Crippen LogP contribution in [0.25, 0.3) is 0 Å². The van der Waals surface area contributed by atoms with Crippen LogP contribution >= 0.6 is 0 Å². The van der Waals surface area contributed by atoms with E-state index in [9.17, 15) is 0 Å². The van der Waals surface area contributed by atoms with Crippen LogP contribution in [0.3, 0.4) is 0 Å². The second kappa shape index (κ2) is 5.48. The molecule has 4 N–H and O–H groups in total. The molecule has 0 amide bonds. The highest BCUT2D eigenvalue weighted by Gasteiger charge is 2.44. The normalized spacial score (nSPS) is 46.7. The predicted molar refractivity (Wildman–Crippen MR) is 73.3 cm³/mol. The summed E-state index contributed by atoms with van der Waals surface area (Å²) < 4.78 is 0. The summed E-state index contributed by atoms with van der Waals surface area (Å²) in [7, 11) is 0. The molecule has 0 aromatic rings. The van der Waals surface area contributed by atoms with Crippen LogP contribution in [-0.2, 0) is 0 Å². The predicted octanol–water partition coefficient (Wildman–Crippen LogP) is -0.606. The van der Waals surface area contributed by atoms with E-state index in [1.165, 1.54) is 51.9 Å². The molecule has 0 aromatic heterocycles. The van der Waals surface area contributed by atoms with Crippen molar-refractivity contribution < 1.29 is 10.6 Å². The highest BCUT2D eigenvalue weighted by Crippen LogP contribution is 2.35. The SMILES string of the molecule is CC1CCC2[NH2+]C(C)CC(N3CC[NH2+]CC3)C2C1. The van der Waals surface area contributed by atoms with Gasteiger partial charge in [-0.25, -0.2) is 0 Å². The van der Waals surface area contributed by atoms with E-state index in [0.29, 0.717) is 0 Å². The summed E-state index contributed by atoms with van der Waals surface area (Å²) >= 11 is 0. The van der Waals surface area contributed by atoms with Crippen LogP contribution in [0.1, 0.15) is 39.5 Å². The fraction of sp³-hybridized carbons (Fsp3) is 1.00. The van der Waals surface area contributed by atoms with Gasteiger partial charge in [-0.2, -0.15) is 0 Å². The fourth-order valence-corrected chi connectivity index (χ4v) is 4.71. The van der Waals surface area contributed by atoms with Gasteiger partial charge >= 0.3 is 0 Å². The van der Waals surface area contributed by atoms with Gasteiger partial charge in [-0.15, -0.1) is 0 Å². The van der Waals surface area contributed by atoms with Crippen molar-refractivity contribution in [2.75, 3.05) is 26.2 Å². The molecule has 2 saturated heterocycles. The minimum Gasteiger partial charge on any atom is -0.344 e. The molecule has 0 spiro atoms. The molecule has 3 nitrogen and oxygen atoms in total. The Morgan fingerprint density at radius 3 is 2.56 bits per heavy atom. The van der Waals surface area contributed by atoms with E-state index < -0.39 is 0 Å². The number of quaternary nitrogens is 2. The summed E-state index contributed by atoms with van der Waals surface area (Å²) in [6.45, 7) is 10.2. The second-order valence-corrected chi connectivity index (χ2v) is 7.12. The van der Waals surface area contributed by atoms with Crippen LogP contribution in [0.15, 0.2) is 0 Å². The summed E-state index contributed by atoms with van der Waals surface area (Å²) in [6.07, 6.45) is 5.84. The molecule has 104 valence electrons. The van der Waals surface area contributed by atoms with E-state index >= 15 is 0 Å². The van der Waals surface area contributed by atoms with Gasteiger partial charge in [0.2, 0.25) is 0 Å². The number of nitrogens with zero attached hydrogens (tertiary/aromatic N) is 1. The Kier molecular flexibility index (Phi) is 3.92. The van der Waals surface area contributed by atoms with Crippen LogP contribution in [0.4, 0.5) is 0 Å². The number of fused-ring (bicyclic) bond motifs is 1. The van der Waals surface area contributed by atoms with Crippen LogP contribution < -0.4 is 10.6 Å². The first-order valence-electron chi connectivity index (χ1n) is 8.14. The Morgan fingerprint density at radius 1 is 1.00 bits per heavy atom. The maximum absolute atomic E-state index is 2.83. The maximum atomic E-state index is 2.83. The van der Waals surface area contributed by atoms with Gasteiger partial charge in [0.15, 0.2) is 0 Å². The Morgan fingerprint density at radius 2 is 1.78 bits per heavy atom. The summed E-state index contributed by atoms with van der Waals surface area (Å²) in [4.78, 5) is 2.83. The van der Waals surface area contributed by atoms with Crippen LogP contribution in [0.5, 0.6) is 0 Å². The molecule has 2 aliphatic heterocycles. The monoisotopic (exact) mass is 253 g/mol. The van der Waals surface area contributed by atoms with Crippen molar-refractivity contribution in [2.24, 2.45) is 11.8 Å². The van der Waals surface area contributed by atoms with Crippen LogP contribution in [-0.4, -0.2) is 49.2 Å². The number of piperazine rings is 1. The van der Waals surface area contributed by atoms with Crippen LogP contribution in [0, 0.1) is 11.8 Å². The second-order valence-electron chi connectivity index (χ2n) is 7.12. The zero-order chi connectivity index (χ0) is 12.5. The average molecular weight is 253 g/mol. The van der Waals surface area contributed by atoms with Crippen molar-refractivity contribution in [2.45, 2.75) is 57.7 Å². The Balaban J connectivity index is 1.72. The zero-order valence-corrected chi connectivity index (χ0v) is 12.1. The minimum atomic E-state index is 0.843. The first-order chi connectivity index (χ1) is 8.74. The van der Waals surface area contributed by atoms with Gasteiger partial charge in [-0.3, -0.25) is 4.90 Å². The van der Waals surface area contributed by atoms with Crippen molar-refractivity contribution in [3.63, 3.8) is 0 Å². The topological polar surface area (TPSA) is 36.5 Å². The minimum absolute atomic E-state index is 0.843. The molecule has 0 bridgehead atoms. The molecule has 3 heteroatoms. The number of hydrogen-bond acceptors (Lipinski definition) is 1. The molecule has 0 aromatic carbocycles. The highest BCUT2D eigenvalue weighted by atomic mass is 15.2. The number of hydrogen-bond donors (Lipinski definition) is 2. The molecule has 3 aliphatic rings. The average Bonchev–Trinajstić information content (AvgIpc) is 2.39. The third-order valence-electron chi connectivity index (χ3n) is 5.61. The molecule has 0 radical (unpaired) electrons.